The molecule has 350 valence electrons. The highest BCUT2D eigenvalue weighted by molar-refractivity contribution is 6.88. The van der Waals surface area contributed by atoms with Crippen molar-refractivity contribution in [3.05, 3.63) is 208 Å². The highest BCUT2D eigenvalue weighted by Crippen LogP contribution is 2.52. The van der Waals surface area contributed by atoms with Crippen molar-refractivity contribution in [2.45, 2.75) is 130 Å². The lowest BCUT2D eigenvalue weighted by Gasteiger charge is -2.46. The summed E-state index contributed by atoms with van der Waals surface area (Å²) >= 11 is 0. The van der Waals surface area contributed by atoms with Crippen molar-refractivity contribution in [2.75, 3.05) is 4.90 Å². The summed E-state index contributed by atoms with van der Waals surface area (Å²) in [7, 11) is 0. The van der Waals surface area contributed by atoms with Crippen molar-refractivity contribution in [1.82, 2.24) is 0 Å². The third kappa shape index (κ3) is 7.87. The largest absolute Gasteiger partial charge is 0.311 e. The second-order valence-corrected chi connectivity index (χ2v) is 24.0. The second-order valence-electron chi connectivity index (χ2n) is 24.0. The SMILES string of the molecule is CB1c2cc3c(cc2N(c2ccc4c(c2)C(C)(C)CCC4(C)C)c2cc(-c4c(C)cccc4C)cc(-c4cc(-c5ccccc5)ccc4Cc4ccc(-c5ccccc5)cc4)c21)C(C)(C)CCC3(C)C. The number of hydrogen-bond acceptors (Lipinski definition) is 1. The molecule has 0 bridgehead atoms. The summed E-state index contributed by atoms with van der Waals surface area (Å²) in [4.78, 5) is 2.71. The molecule has 70 heavy (non-hydrogen) atoms. The first kappa shape index (κ1) is 46.0. The molecule has 2 aliphatic carbocycles. The van der Waals surface area contributed by atoms with Crippen LogP contribution in [0.4, 0.5) is 17.1 Å². The average molecular weight is 912 g/mol. The van der Waals surface area contributed by atoms with E-state index in [1.54, 1.807) is 0 Å². The Bertz CT molecular complexity index is 3290. The van der Waals surface area contributed by atoms with Crippen LogP contribution < -0.4 is 15.8 Å². The standard InChI is InChI=1S/C68H70BN/c1-44-19-18-20-45(2)63(44)52-39-55(54-38-50(48-23-16-13-17-24-48)29-30-51(54)37-46-25-27-49(28-26-46)47-21-14-12-15-22-47)64-62(40-52)70(53-31-32-56-57(41-53)66(5,6)34-33-65(56,3)4)61-43-59-58(42-60(61)69(64)11)67(7,8)35-36-68(59,9)10/h12-32,38-43H,33-37H2,1-11H3. The first-order chi connectivity index (χ1) is 33.4. The van der Waals surface area contributed by atoms with Crippen LogP contribution in [0.2, 0.25) is 6.82 Å². The molecule has 8 aromatic carbocycles. The molecule has 0 amide bonds. The van der Waals surface area contributed by atoms with Crippen LogP contribution in [0.5, 0.6) is 0 Å². The van der Waals surface area contributed by atoms with Crippen LogP contribution in [0.25, 0.3) is 44.5 Å². The maximum Gasteiger partial charge on any atom is 0.212 e. The summed E-state index contributed by atoms with van der Waals surface area (Å²) < 4.78 is 0. The van der Waals surface area contributed by atoms with Crippen LogP contribution in [-0.4, -0.2) is 6.71 Å². The Hall–Kier alpha value is -6.38. The van der Waals surface area contributed by atoms with E-state index in [9.17, 15) is 0 Å². The van der Waals surface area contributed by atoms with E-state index in [1.807, 2.05) is 0 Å². The molecule has 0 N–H and O–H groups in total. The summed E-state index contributed by atoms with van der Waals surface area (Å²) in [5.41, 5.74) is 28.5. The molecule has 3 aliphatic rings. The molecule has 0 radical (unpaired) electrons. The van der Waals surface area contributed by atoms with E-state index in [-0.39, 0.29) is 28.4 Å². The number of anilines is 3. The second kappa shape index (κ2) is 16.9. The highest BCUT2D eigenvalue weighted by atomic mass is 15.2. The predicted octanol–water partition coefficient (Wildman–Crippen LogP) is 17.3. The van der Waals surface area contributed by atoms with Gasteiger partial charge >= 0.3 is 0 Å². The third-order valence-electron chi connectivity index (χ3n) is 17.4. The van der Waals surface area contributed by atoms with Crippen molar-refractivity contribution in [2.24, 2.45) is 0 Å². The fourth-order valence-corrected chi connectivity index (χ4v) is 12.8. The molecule has 0 saturated carbocycles. The van der Waals surface area contributed by atoms with Gasteiger partial charge in [0.2, 0.25) is 6.71 Å². The molecule has 0 atom stereocenters. The predicted molar refractivity (Wildman–Crippen MR) is 303 cm³/mol. The van der Waals surface area contributed by atoms with Gasteiger partial charge in [-0.15, -0.1) is 0 Å². The smallest absolute Gasteiger partial charge is 0.212 e. The number of fused-ring (bicyclic) bond motifs is 4. The number of benzene rings is 8. The van der Waals surface area contributed by atoms with E-state index in [1.165, 1.54) is 143 Å². The monoisotopic (exact) mass is 912 g/mol. The molecule has 1 heterocycles. The summed E-state index contributed by atoms with van der Waals surface area (Å²) in [5.74, 6) is 0. The van der Waals surface area contributed by atoms with Crippen LogP contribution >= 0.6 is 0 Å². The van der Waals surface area contributed by atoms with Crippen LogP contribution in [-0.2, 0) is 28.1 Å². The lowest BCUT2D eigenvalue weighted by Crippen LogP contribution is -2.50. The van der Waals surface area contributed by atoms with Crippen LogP contribution in [0.3, 0.4) is 0 Å². The van der Waals surface area contributed by atoms with Gasteiger partial charge in [0.05, 0.1) is 0 Å². The Morgan fingerprint density at radius 3 is 1.56 bits per heavy atom. The Labute approximate surface area is 420 Å². The molecule has 2 heteroatoms. The minimum atomic E-state index is 0.0638. The molecule has 0 fully saturated rings. The van der Waals surface area contributed by atoms with Crippen molar-refractivity contribution >= 4 is 34.7 Å². The topological polar surface area (TPSA) is 3.24 Å². The van der Waals surface area contributed by atoms with Gasteiger partial charge in [0.1, 0.15) is 0 Å². The van der Waals surface area contributed by atoms with Gasteiger partial charge in [-0.05, 0) is 198 Å². The summed E-state index contributed by atoms with van der Waals surface area (Å²) in [6, 6.07) is 63.1. The van der Waals surface area contributed by atoms with Crippen molar-refractivity contribution < 1.29 is 0 Å². The van der Waals surface area contributed by atoms with Crippen LogP contribution in [0, 0.1) is 13.8 Å². The van der Waals surface area contributed by atoms with Gasteiger partial charge in [-0.2, -0.15) is 0 Å². The quantitative estimate of drug-likeness (QED) is 0.144. The molecule has 8 aromatic rings. The molecular formula is C68H70BN. The van der Waals surface area contributed by atoms with Gasteiger partial charge in [0, 0.05) is 17.1 Å². The zero-order valence-electron chi connectivity index (χ0n) is 43.6. The van der Waals surface area contributed by atoms with Crippen molar-refractivity contribution in [3.8, 4) is 44.5 Å². The van der Waals surface area contributed by atoms with E-state index < -0.39 is 0 Å². The average Bonchev–Trinajstić information content (AvgIpc) is 3.35. The maximum absolute atomic E-state index is 2.71. The summed E-state index contributed by atoms with van der Waals surface area (Å²) in [6.07, 6.45) is 5.55. The zero-order chi connectivity index (χ0) is 48.9. The van der Waals surface area contributed by atoms with Crippen LogP contribution in [0.1, 0.15) is 126 Å². The van der Waals surface area contributed by atoms with E-state index in [4.69, 9.17) is 0 Å². The van der Waals surface area contributed by atoms with Gasteiger partial charge in [-0.25, -0.2) is 0 Å². The van der Waals surface area contributed by atoms with E-state index in [0.717, 1.165) is 6.42 Å². The molecule has 1 nitrogen and oxygen atoms in total. The summed E-state index contributed by atoms with van der Waals surface area (Å²) in [5, 5.41) is 0. The van der Waals surface area contributed by atoms with Gasteiger partial charge in [-0.3, -0.25) is 0 Å². The number of hydrogen-bond donors (Lipinski definition) is 0. The van der Waals surface area contributed by atoms with Gasteiger partial charge in [0.25, 0.3) is 0 Å². The van der Waals surface area contributed by atoms with Gasteiger partial charge in [0.15, 0.2) is 0 Å². The van der Waals surface area contributed by atoms with E-state index >= 15 is 0 Å². The molecule has 1 aliphatic heterocycles. The molecule has 0 saturated heterocycles. The number of aryl methyl sites for hydroxylation is 2. The Balaban J connectivity index is 1.22. The fraction of sp³-hybridized carbons (Fsp3) is 0.294. The fourth-order valence-electron chi connectivity index (χ4n) is 12.8. The zero-order valence-corrected chi connectivity index (χ0v) is 43.6. The Morgan fingerprint density at radius 1 is 0.429 bits per heavy atom. The minimum absolute atomic E-state index is 0.0638. The van der Waals surface area contributed by atoms with Crippen molar-refractivity contribution in [3.63, 3.8) is 0 Å². The first-order valence-corrected chi connectivity index (χ1v) is 26.1. The van der Waals surface area contributed by atoms with E-state index in [0.29, 0.717) is 0 Å². The van der Waals surface area contributed by atoms with Crippen molar-refractivity contribution in [1.29, 1.82) is 0 Å². The molecule has 0 aromatic heterocycles. The van der Waals surface area contributed by atoms with Gasteiger partial charge < -0.3 is 4.90 Å². The Morgan fingerprint density at radius 2 is 0.943 bits per heavy atom. The molecule has 0 spiro atoms. The van der Waals surface area contributed by atoms with E-state index in [2.05, 4.69) is 245 Å². The third-order valence-corrected chi connectivity index (χ3v) is 17.4. The molecule has 11 rings (SSSR count). The summed E-state index contributed by atoms with van der Waals surface area (Å²) in [6.45, 7) is 27.0. The lowest BCUT2D eigenvalue weighted by atomic mass is 9.38. The molecular weight excluding hydrogens is 842 g/mol. The van der Waals surface area contributed by atoms with Gasteiger partial charge in [-0.1, -0.05) is 195 Å². The number of rotatable bonds is 7. The normalized spacial score (nSPS) is 17.0. The first-order valence-electron chi connectivity index (χ1n) is 26.1. The Kier molecular flexibility index (Phi) is 11.1. The minimum Gasteiger partial charge on any atom is -0.311 e. The molecule has 0 unspecified atom stereocenters. The van der Waals surface area contributed by atoms with Crippen LogP contribution in [0.15, 0.2) is 164 Å². The number of nitrogens with zero attached hydrogens (tertiary/aromatic N) is 1. The maximum atomic E-state index is 2.71. The highest BCUT2D eigenvalue weighted by Gasteiger charge is 2.43. The lowest BCUT2D eigenvalue weighted by molar-refractivity contribution is 0.332.